The number of rotatable bonds is 3. The summed E-state index contributed by atoms with van der Waals surface area (Å²) < 4.78 is 15.5. The first-order chi connectivity index (χ1) is 15.6. The lowest BCUT2D eigenvalue weighted by Gasteiger charge is -2.48. The Hall–Kier alpha value is -2.95. The van der Waals surface area contributed by atoms with Crippen LogP contribution in [0, 0.1) is 24.1 Å². The van der Waals surface area contributed by atoms with Crippen LogP contribution >= 0.6 is 11.6 Å². The quantitative estimate of drug-likeness (QED) is 0.564. The number of aryl methyl sites for hydroxylation is 1. The first-order valence-corrected chi connectivity index (χ1v) is 11.4. The van der Waals surface area contributed by atoms with Gasteiger partial charge in [-0.3, -0.25) is 9.69 Å². The number of hydrogen-bond acceptors (Lipinski definition) is 5. The van der Waals surface area contributed by atoms with Gasteiger partial charge in [0.05, 0.1) is 16.2 Å². The van der Waals surface area contributed by atoms with Gasteiger partial charge in [-0.2, -0.15) is 5.26 Å². The van der Waals surface area contributed by atoms with Crippen molar-refractivity contribution in [1.82, 2.24) is 14.5 Å². The van der Waals surface area contributed by atoms with Crippen LogP contribution in [0.1, 0.15) is 43.6 Å². The highest BCUT2D eigenvalue weighted by atomic mass is 35.5. The molecule has 1 saturated heterocycles. The highest BCUT2D eigenvalue weighted by Gasteiger charge is 2.34. The van der Waals surface area contributed by atoms with Gasteiger partial charge in [0.2, 0.25) is 0 Å². The molecule has 0 saturated carbocycles. The molecule has 3 aromatic rings. The van der Waals surface area contributed by atoms with Gasteiger partial charge in [-0.05, 0) is 51.5 Å². The molecule has 1 aliphatic heterocycles. The van der Waals surface area contributed by atoms with E-state index in [-0.39, 0.29) is 29.5 Å². The number of hydrogen-bond donors (Lipinski definition) is 0. The third-order valence-corrected chi connectivity index (χ3v) is 7.33. The zero-order valence-electron chi connectivity index (χ0n) is 19.4. The minimum Gasteiger partial charge on any atom is -0.364 e. The second-order valence-electron chi connectivity index (χ2n) is 8.90. The molecule has 1 aliphatic rings. The molecule has 1 aromatic carbocycles. The Balaban J connectivity index is 1.70. The van der Waals surface area contributed by atoms with Crippen LogP contribution < -0.4 is 10.5 Å². The first kappa shape index (κ1) is 23.2. The van der Waals surface area contributed by atoms with Gasteiger partial charge in [0.1, 0.15) is 23.1 Å². The second-order valence-corrected chi connectivity index (χ2v) is 9.28. The Morgan fingerprint density at radius 1 is 1.21 bits per heavy atom. The van der Waals surface area contributed by atoms with Gasteiger partial charge in [-0.1, -0.05) is 17.7 Å². The minimum atomic E-state index is -0.302. The smallest absolute Gasteiger partial charge is 0.252 e. The fourth-order valence-corrected chi connectivity index (χ4v) is 5.12. The Labute approximate surface area is 197 Å². The van der Waals surface area contributed by atoms with Gasteiger partial charge in [0, 0.05) is 49.9 Å². The number of pyridine rings is 2. The van der Waals surface area contributed by atoms with Crippen molar-refractivity contribution in [2.75, 3.05) is 18.0 Å². The lowest BCUT2D eigenvalue weighted by atomic mass is 9.98. The molecule has 33 heavy (non-hydrogen) atoms. The fraction of sp³-hybridized carbons (Fsp3) is 0.400. The van der Waals surface area contributed by atoms with Crippen molar-refractivity contribution in [3.8, 4) is 6.07 Å². The standard InChI is InChI=1S/C25H27ClFN5O/c1-14-13-32(22-10-23(33)30(5)21-9-6-18(11-28)29-25(21)22)15(2)12-31(14)17(4)19-7-8-20(27)16(3)24(19)26/h6-10,14-15,17H,12-13H2,1-5H3/t14?,15-,17?/m0/s1. The van der Waals surface area contributed by atoms with E-state index in [0.29, 0.717) is 33.9 Å². The fourth-order valence-electron chi connectivity index (χ4n) is 4.81. The average molecular weight is 468 g/mol. The van der Waals surface area contributed by atoms with Crippen molar-refractivity contribution in [1.29, 1.82) is 5.26 Å². The number of fused-ring (bicyclic) bond motifs is 1. The van der Waals surface area contributed by atoms with E-state index in [9.17, 15) is 14.4 Å². The molecule has 3 atom stereocenters. The normalized spacial score (nSPS) is 20.1. The number of aromatic nitrogens is 2. The summed E-state index contributed by atoms with van der Waals surface area (Å²) in [5.74, 6) is -0.302. The molecule has 0 aliphatic carbocycles. The maximum Gasteiger partial charge on any atom is 0.252 e. The summed E-state index contributed by atoms with van der Waals surface area (Å²) in [5, 5.41) is 9.81. The lowest BCUT2D eigenvalue weighted by Crippen LogP contribution is -2.57. The van der Waals surface area contributed by atoms with Crippen LogP contribution in [0.25, 0.3) is 11.0 Å². The number of nitrogens with zero attached hydrogens (tertiary/aromatic N) is 5. The van der Waals surface area contributed by atoms with E-state index in [0.717, 1.165) is 17.8 Å². The van der Waals surface area contributed by atoms with Gasteiger partial charge in [0.15, 0.2) is 0 Å². The summed E-state index contributed by atoms with van der Waals surface area (Å²) in [6, 6.07) is 10.6. The summed E-state index contributed by atoms with van der Waals surface area (Å²) in [4.78, 5) is 21.8. The van der Waals surface area contributed by atoms with Crippen molar-refractivity contribution in [3.05, 3.63) is 68.3 Å². The molecule has 0 N–H and O–H groups in total. The Morgan fingerprint density at radius 3 is 2.64 bits per heavy atom. The van der Waals surface area contributed by atoms with Crippen molar-refractivity contribution in [2.24, 2.45) is 7.05 Å². The van der Waals surface area contributed by atoms with Crippen LogP contribution in [0.3, 0.4) is 0 Å². The van der Waals surface area contributed by atoms with Crippen LogP contribution in [0.5, 0.6) is 0 Å². The van der Waals surface area contributed by atoms with Crippen LogP contribution in [0.2, 0.25) is 5.02 Å². The zero-order chi connectivity index (χ0) is 24.0. The Bertz CT molecular complexity index is 1330. The molecule has 0 spiro atoms. The number of piperazine rings is 1. The SMILES string of the molecule is Cc1c(F)ccc(C(C)N2C[C@H](C)N(c3cc(=O)n(C)c4ccc(C#N)nc34)CC2C)c1Cl. The Kier molecular flexibility index (Phi) is 6.17. The van der Waals surface area contributed by atoms with E-state index in [1.54, 1.807) is 42.8 Å². The molecular formula is C25H27ClFN5O. The van der Waals surface area contributed by atoms with E-state index in [1.165, 1.54) is 6.07 Å². The topological polar surface area (TPSA) is 65.2 Å². The molecule has 4 rings (SSSR count). The molecule has 8 heteroatoms. The third kappa shape index (κ3) is 3.98. The minimum absolute atomic E-state index is 0.0000958. The summed E-state index contributed by atoms with van der Waals surface area (Å²) in [6.07, 6.45) is 0. The molecule has 0 bridgehead atoms. The van der Waals surface area contributed by atoms with Crippen LogP contribution in [-0.4, -0.2) is 39.6 Å². The Morgan fingerprint density at radius 2 is 1.94 bits per heavy atom. The largest absolute Gasteiger partial charge is 0.364 e. The molecular weight excluding hydrogens is 441 g/mol. The van der Waals surface area contributed by atoms with Gasteiger partial charge in [-0.25, -0.2) is 9.37 Å². The molecule has 172 valence electrons. The number of anilines is 1. The predicted molar refractivity (Wildman–Crippen MR) is 129 cm³/mol. The van der Waals surface area contributed by atoms with E-state index in [4.69, 9.17) is 11.6 Å². The lowest BCUT2D eigenvalue weighted by molar-refractivity contribution is 0.119. The van der Waals surface area contributed by atoms with Crippen LogP contribution in [0.4, 0.5) is 10.1 Å². The summed E-state index contributed by atoms with van der Waals surface area (Å²) in [6.45, 7) is 9.43. The average Bonchev–Trinajstić information content (AvgIpc) is 2.80. The van der Waals surface area contributed by atoms with Crippen molar-refractivity contribution in [2.45, 2.75) is 45.8 Å². The molecule has 0 amide bonds. The molecule has 1 fully saturated rings. The van der Waals surface area contributed by atoms with E-state index in [1.807, 2.05) is 0 Å². The zero-order valence-corrected chi connectivity index (χ0v) is 20.2. The molecule has 0 radical (unpaired) electrons. The molecule has 3 heterocycles. The maximum absolute atomic E-state index is 13.9. The predicted octanol–water partition coefficient (Wildman–Crippen LogP) is 4.57. The maximum atomic E-state index is 13.9. The summed E-state index contributed by atoms with van der Waals surface area (Å²) in [5.41, 5.74) is 3.65. The third-order valence-electron chi connectivity index (χ3n) is 6.82. The number of benzene rings is 1. The van der Waals surface area contributed by atoms with Crippen LogP contribution in [-0.2, 0) is 7.05 Å². The van der Waals surface area contributed by atoms with Crippen molar-refractivity contribution < 1.29 is 4.39 Å². The monoisotopic (exact) mass is 467 g/mol. The number of halogens is 2. The van der Waals surface area contributed by atoms with E-state index >= 15 is 0 Å². The first-order valence-electron chi connectivity index (χ1n) is 11.0. The number of nitriles is 1. The highest BCUT2D eigenvalue weighted by Crippen LogP contribution is 2.35. The van der Waals surface area contributed by atoms with E-state index < -0.39 is 0 Å². The van der Waals surface area contributed by atoms with Crippen molar-refractivity contribution >= 4 is 28.3 Å². The van der Waals surface area contributed by atoms with E-state index in [2.05, 4.69) is 41.6 Å². The second kappa shape index (κ2) is 8.77. The highest BCUT2D eigenvalue weighted by molar-refractivity contribution is 6.32. The van der Waals surface area contributed by atoms with Gasteiger partial charge < -0.3 is 9.47 Å². The van der Waals surface area contributed by atoms with Gasteiger partial charge in [0.25, 0.3) is 5.56 Å². The molecule has 2 unspecified atom stereocenters. The summed E-state index contributed by atoms with van der Waals surface area (Å²) >= 11 is 6.50. The van der Waals surface area contributed by atoms with Gasteiger partial charge >= 0.3 is 0 Å². The van der Waals surface area contributed by atoms with Crippen molar-refractivity contribution in [3.63, 3.8) is 0 Å². The summed E-state index contributed by atoms with van der Waals surface area (Å²) in [7, 11) is 1.71. The van der Waals surface area contributed by atoms with Gasteiger partial charge in [-0.15, -0.1) is 0 Å². The molecule has 6 nitrogen and oxygen atoms in total. The molecule has 2 aromatic heterocycles. The van der Waals surface area contributed by atoms with Crippen LogP contribution in [0.15, 0.2) is 35.1 Å².